The van der Waals surface area contributed by atoms with Gasteiger partial charge in [-0.15, -0.1) is 0 Å². The number of hydrogen-bond acceptors (Lipinski definition) is 2. The fourth-order valence-corrected chi connectivity index (χ4v) is 3.89. The van der Waals surface area contributed by atoms with Crippen LogP contribution in [-0.2, 0) is 11.2 Å². The second-order valence-electron chi connectivity index (χ2n) is 6.66. The van der Waals surface area contributed by atoms with Gasteiger partial charge in [-0.25, -0.2) is 4.39 Å². The van der Waals surface area contributed by atoms with Gasteiger partial charge in [-0.3, -0.25) is 4.79 Å². The van der Waals surface area contributed by atoms with E-state index in [0.717, 1.165) is 29.9 Å². The number of ketones is 1. The first-order valence-electron chi connectivity index (χ1n) is 8.17. The number of carbonyl (C=O) groups excluding carboxylic acids is 1. The summed E-state index contributed by atoms with van der Waals surface area (Å²) in [5.74, 6) is 0.721. The van der Waals surface area contributed by atoms with Crippen molar-refractivity contribution in [2.75, 3.05) is 0 Å². The lowest BCUT2D eigenvalue weighted by atomic mass is 9.77. The Kier molecular flexibility index (Phi) is 4.39. The highest BCUT2D eigenvalue weighted by Crippen LogP contribution is 2.32. The standard InChI is InChI=1S/C18H24FNO/c1-12-6-8-15(19)10-14(12)11-18(21)17-9-7-13-4-2-3-5-16(13)20-17/h6,8,10,13,16-17,20H,2-5,7,9,11H2,1H3. The van der Waals surface area contributed by atoms with Gasteiger partial charge >= 0.3 is 0 Å². The van der Waals surface area contributed by atoms with Crippen LogP contribution in [0.5, 0.6) is 0 Å². The first-order chi connectivity index (χ1) is 10.1. The number of aryl methyl sites for hydroxylation is 1. The molecule has 2 nitrogen and oxygen atoms in total. The van der Waals surface area contributed by atoms with E-state index in [9.17, 15) is 9.18 Å². The molecule has 1 aliphatic heterocycles. The lowest BCUT2D eigenvalue weighted by Crippen LogP contribution is -2.52. The minimum absolute atomic E-state index is 0.0352. The lowest BCUT2D eigenvalue weighted by Gasteiger charge is -2.40. The topological polar surface area (TPSA) is 29.1 Å². The number of nitrogens with one attached hydrogen (secondary N) is 1. The predicted molar refractivity (Wildman–Crippen MR) is 81.8 cm³/mol. The van der Waals surface area contributed by atoms with Crippen molar-refractivity contribution in [2.24, 2.45) is 5.92 Å². The average molecular weight is 289 g/mol. The molecule has 3 heteroatoms. The monoisotopic (exact) mass is 289 g/mol. The van der Waals surface area contributed by atoms with Crippen LogP contribution in [0.3, 0.4) is 0 Å². The van der Waals surface area contributed by atoms with Crippen molar-refractivity contribution in [1.29, 1.82) is 0 Å². The number of benzene rings is 1. The van der Waals surface area contributed by atoms with Crippen molar-refractivity contribution in [3.63, 3.8) is 0 Å². The zero-order valence-electron chi connectivity index (χ0n) is 12.7. The molecule has 3 atom stereocenters. The van der Waals surface area contributed by atoms with Crippen LogP contribution in [-0.4, -0.2) is 17.9 Å². The highest BCUT2D eigenvalue weighted by Gasteiger charge is 2.34. The Morgan fingerprint density at radius 3 is 2.90 bits per heavy atom. The Bertz CT molecular complexity index is 528. The summed E-state index contributed by atoms with van der Waals surface area (Å²) in [6.07, 6.45) is 7.57. The van der Waals surface area contributed by atoms with Gasteiger partial charge in [0.25, 0.3) is 0 Å². The maximum absolute atomic E-state index is 13.3. The first-order valence-corrected chi connectivity index (χ1v) is 8.17. The van der Waals surface area contributed by atoms with Gasteiger partial charge < -0.3 is 5.32 Å². The van der Waals surface area contributed by atoms with E-state index >= 15 is 0 Å². The van der Waals surface area contributed by atoms with Crippen LogP contribution in [0.1, 0.15) is 49.7 Å². The minimum atomic E-state index is -0.257. The second kappa shape index (κ2) is 6.27. The highest BCUT2D eigenvalue weighted by molar-refractivity contribution is 5.86. The van der Waals surface area contributed by atoms with Crippen molar-refractivity contribution < 1.29 is 9.18 Å². The number of rotatable bonds is 3. The molecule has 0 radical (unpaired) electrons. The van der Waals surface area contributed by atoms with Crippen molar-refractivity contribution in [3.05, 3.63) is 35.1 Å². The summed E-state index contributed by atoms with van der Waals surface area (Å²) in [6.45, 7) is 1.94. The van der Waals surface area contributed by atoms with Crippen LogP contribution in [0, 0.1) is 18.7 Å². The number of halogens is 1. The molecular weight excluding hydrogens is 265 g/mol. The molecule has 1 heterocycles. The Labute approximate surface area is 126 Å². The largest absolute Gasteiger partial charge is 0.304 e. The summed E-state index contributed by atoms with van der Waals surface area (Å²) in [7, 11) is 0. The molecule has 1 aromatic carbocycles. The Morgan fingerprint density at radius 2 is 2.05 bits per heavy atom. The summed E-state index contributed by atoms with van der Waals surface area (Å²) in [5, 5.41) is 3.57. The lowest BCUT2D eigenvalue weighted by molar-refractivity contribution is -0.121. The summed E-state index contributed by atoms with van der Waals surface area (Å²) in [4.78, 5) is 12.5. The van der Waals surface area contributed by atoms with E-state index in [2.05, 4.69) is 5.32 Å². The van der Waals surface area contributed by atoms with Crippen LogP contribution in [0.15, 0.2) is 18.2 Å². The zero-order valence-corrected chi connectivity index (χ0v) is 12.7. The summed E-state index contributed by atoms with van der Waals surface area (Å²) < 4.78 is 13.3. The molecule has 0 amide bonds. The van der Waals surface area contributed by atoms with Crippen LogP contribution in [0.4, 0.5) is 4.39 Å². The third kappa shape index (κ3) is 3.34. The molecule has 1 saturated carbocycles. The average Bonchev–Trinajstić information content (AvgIpc) is 2.50. The molecule has 114 valence electrons. The minimum Gasteiger partial charge on any atom is -0.304 e. The van der Waals surface area contributed by atoms with E-state index < -0.39 is 0 Å². The van der Waals surface area contributed by atoms with Gasteiger partial charge in [-0.2, -0.15) is 0 Å². The molecule has 21 heavy (non-hydrogen) atoms. The van der Waals surface area contributed by atoms with E-state index in [1.54, 1.807) is 6.07 Å². The van der Waals surface area contributed by atoms with E-state index in [-0.39, 0.29) is 17.6 Å². The molecule has 0 spiro atoms. The molecule has 0 bridgehead atoms. The second-order valence-corrected chi connectivity index (χ2v) is 6.66. The van der Waals surface area contributed by atoms with Crippen molar-refractivity contribution in [3.8, 4) is 0 Å². The number of piperidine rings is 1. The van der Waals surface area contributed by atoms with Gasteiger partial charge in [0.05, 0.1) is 6.04 Å². The van der Waals surface area contributed by atoms with Gasteiger partial charge in [-0.1, -0.05) is 18.9 Å². The van der Waals surface area contributed by atoms with Gasteiger partial charge in [0.1, 0.15) is 5.82 Å². The van der Waals surface area contributed by atoms with Gasteiger partial charge in [0.15, 0.2) is 5.78 Å². The van der Waals surface area contributed by atoms with Crippen LogP contribution in [0.25, 0.3) is 0 Å². The molecule has 1 aromatic rings. The number of fused-ring (bicyclic) bond motifs is 1. The van der Waals surface area contributed by atoms with Gasteiger partial charge in [0.2, 0.25) is 0 Å². The normalized spacial score (nSPS) is 29.0. The van der Waals surface area contributed by atoms with E-state index in [0.29, 0.717) is 12.5 Å². The van der Waals surface area contributed by atoms with E-state index in [1.165, 1.54) is 37.8 Å². The summed E-state index contributed by atoms with van der Waals surface area (Å²) in [5.41, 5.74) is 1.82. The zero-order chi connectivity index (χ0) is 14.8. The maximum atomic E-state index is 13.3. The summed E-state index contributed by atoms with van der Waals surface area (Å²) >= 11 is 0. The highest BCUT2D eigenvalue weighted by atomic mass is 19.1. The van der Waals surface area contributed by atoms with Crippen molar-refractivity contribution in [2.45, 2.75) is 64.0 Å². The molecule has 1 N–H and O–H groups in total. The van der Waals surface area contributed by atoms with Crippen LogP contribution in [0.2, 0.25) is 0 Å². The molecule has 2 aliphatic rings. The maximum Gasteiger partial charge on any atom is 0.154 e. The number of carbonyl (C=O) groups is 1. The van der Waals surface area contributed by atoms with E-state index in [4.69, 9.17) is 0 Å². The molecule has 2 fully saturated rings. The molecule has 1 aliphatic carbocycles. The Hall–Kier alpha value is -1.22. The quantitative estimate of drug-likeness (QED) is 0.922. The third-order valence-corrected chi connectivity index (χ3v) is 5.21. The van der Waals surface area contributed by atoms with Crippen LogP contribution < -0.4 is 5.32 Å². The molecular formula is C18H24FNO. The Morgan fingerprint density at radius 1 is 1.24 bits per heavy atom. The first kappa shape index (κ1) is 14.7. The fourth-order valence-electron chi connectivity index (χ4n) is 3.89. The third-order valence-electron chi connectivity index (χ3n) is 5.21. The molecule has 0 aromatic heterocycles. The van der Waals surface area contributed by atoms with E-state index in [1.807, 2.05) is 6.92 Å². The van der Waals surface area contributed by atoms with Crippen molar-refractivity contribution >= 4 is 5.78 Å². The van der Waals surface area contributed by atoms with Crippen molar-refractivity contribution in [1.82, 2.24) is 5.32 Å². The van der Waals surface area contributed by atoms with Crippen LogP contribution >= 0.6 is 0 Å². The molecule has 3 rings (SSSR count). The predicted octanol–water partition coefficient (Wildman–Crippen LogP) is 3.56. The number of Topliss-reactive ketones (excluding diaryl/α,β-unsaturated/α-hetero) is 1. The Balaban J connectivity index is 1.64. The number of hydrogen-bond donors (Lipinski definition) is 1. The smallest absolute Gasteiger partial charge is 0.154 e. The fraction of sp³-hybridized carbons (Fsp3) is 0.611. The van der Waals surface area contributed by atoms with Gasteiger partial charge in [0, 0.05) is 12.5 Å². The molecule has 1 saturated heterocycles. The SMILES string of the molecule is Cc1ccc(F)cc1CC(=O)C1CCC2CCCCC2N1. The van der Waals surface area contributed by atoms with Gasteiger partial charge in [-0.05, 0) is 61.8 Å². The summed E-state index contributed by atoms with van der Waals surface area (Å²) in [6, 6.07) is 5.19. The molecule has 3 unspecified atom stereocenters.